The standard InChI is InChI=1S/C12H16FNO.C4H6O6.H2O/c1-12(2)6-10(15)11(14)8-4-3-7(13)5-9(8)12;5-1(3(7)8)2(6)4(9)10;/h3-5,10-11,15H,6,14H2,1-2H3;1-2,5-6H,(H,7,8)(H,9,10);1H2/t10-,11-;1-,2-;/m01./s1. The molecular formula is C16H24FNO8. The van der Waals surface area contributed by atoms with Gasteiger partial charge in [-0.15, -0.1) is 0 Å². The summed E-state index contributed by atoms with van der Waals surface area (Å²) in [6, 6.07) is 4.21. The zero-order chi connectivity index (χ0) is 19.5. The Bertz CT molecular complexity index is 633. The lowest BCUT2D eigenvalue weighted by atomic mass is 9.70. The van der Waals surface area contributed by atoms with Gasteiger partial charge in [0.05, 0.1) is 12.1 Å². The molecule has 0 saturated carbocycles. The van der Waals surface area contributed by atoms with Gasteiger partial charge in [-0.25, -0.2) is 14.0 Å². The van der Waals surface area contributed by atoms with Crippen molar-refractivity contribution in [3.63, 3.8) is 0 Å². The van der Waals surface area contributed by atoms with E-state index in [0.29, 0.717) is 6.42 Å². The molecule has 1 aliphatic carbocycles. The van der Waals surface area contributed by atoms with Gasteiger partial charge in [0.1, 0.15) is 5.82 Å². The molecule has 9 nitrogen and oxygen atoms in total. The molecule has 1 aromatic rings. The van der Waals surface area contributed by atoms with Gasteiger partial charge in [0.15, 0.2) is 12.2 Å². The van der Waals surface area contributed by atoms with E-state index in [1.807, 2.05) is 13.8 Å². The molecule has 0 aliphatic heterocycles. The first kappa shape index (κ1) is 23.9. The number of fused-ring (bicyclic) bond motifs is 1. The number of carboxylic acid groups (broad SMARTS) is 2. The van der Waals surface area contributed by atoms with Crippen molar-refractivity contribution in [2.75, 3.05) is 0 Å². The van der Waals surface area contributed by atoms with Gasteiger partial charge in [-0.3, -0.25) is 0 Å². The number of aliphatic hydroxyl groups is 3. The minimum Gasteiger partial charge on any atom is -0.479 e. The summed E-state index contributed by atoms with van der Waals surface area (Å²) in [5.74, 6) is -3.78. The van der Waals surface area contributed by atoms with Crippen LogP contribution in [0, 0.1) is 5.82 Å². The Morgan fingerprint density at radius 3 is 2.08 bits per heavy atom. The van der Waals surface area contributed by atoms with Gasteiger partial charge in [-0.05, 0) is 35.1 Å². The van der Waals surface area contributed by atoms with Crippen LogP contribution in [0.15, 0.2) is 18.2 Å². The third kappa shape index (κ3) is 5.44. The Morgan fingerprint density at radius 2 is 1.65 bits per heavy atom. The summed E-state index contributed by atoms with van der Waals surface area (Å²) in [6.45, 7) is 4.00. The van der Waals surface area contributed by atoms with E-state index in [2.05, 4.69) is 0 Å². The maximum absolute atomic E-state index is 13.2. The molecule has 1 aliphatic rings. The Balaban J connectivity index is 0.000000504. The summed E-state index contributed by atoms with van der Waals surface area (Å²) in [7, 11) is 0. The smallest absolute Gasteiger partial charge is 0.335 e. The van der Waals surface area contributed by atoms with Crippen LogP contribution in [0.5, 0.6) is 0 Å². The zero-order valence-corrected chi connectivity index (χ0v) is 14.3. The van der Waals surface area contributed by atoms with E-state index >= 15 is 0 Å². The van der Waals surface area contributed by atoms with Crippen molar-refractivity contribution < 1.29 is 45.0 Å². The molecule has 4 atom stereocenters. The molecule has 9 N–H and O–H groups in total. The van der Waals surface area contributed by atoms with Gasteiger partial charge in [0.25, 0.3) is 0 Å². The molecule has 0 heterocycles. The lowest BCUT2D eigenvalue weighted by Crippen LogP contribution is -2.39. The maximum Gasteiger partial charge on any atom is 0.335 e. The third-order valence-electron chi connectivity index (χ3n) is 4.04. The SMILES string of the molecule is CC1(C)C[C@H](O)[C@@H](N)c2ccc(F)cc21.O.O=C(O)[C@H](O)[C@@H](O)C(=O)O. The predicted molar refractivity (Wildman–Crippen MR) is 87.9 cm³/mol. The Kier molecular flexibility index (Phi) is 8.28. The van der Waals surface area contributed by atoms with Crippen molar-refractivity contribution in [1.82, 2.24) is 0 Å². The average molecular weight is 377 g/mol. The van der Waals surface area contributed by atoms with Crippen molar-refractivity contribution >= 4 is 11.9 Å². The first-order chi connectivity index (χ1) is 11.4. The largest absolute Gasteiger partial charge is 0.479 e. The van der Waals surface area contributed by atoms with Gasteiger partial charge < -0.3 is 36.7 Å². The van der Waals surface area contributed by atoms with Crippen LogP contribution in [0.1, 0.15) is 37.4 Å². The molecule has 148 valence electrons. The van der Waals surface area contributed by atoms with Crippen LogP contribution >= 0.6 is 0 Å². The molecule has 0 radical (unpaired) electrons. The van der Waals surface area contributed by atoms with Crippen molar-refractivity contribution in [3.05, 3.63) is 35.1 Å². The summed E-state index contributed by atoms with van der Waals surface area (Å²) in [5.41, 5.74) is 7.45. The molecule has 0 spiro atoms. The summed E-state index contributed by atoms with van der Waals surface area (Å²) in [5, 5.41) is 42.3. The Hall–Kier alpha value is -2.11. The number of nitrogens with two attached hydrogens (primary N) is 1. The molecule has 26 heavy (non-hydrogen) atoms. The summed E-state index contributed by atoms with van der Waals surface area (Å²) in [4.78, 5) is 19.5. The third-order valence-corrected chi connectivity index (χ3v) is 4.04. The lowest BCUT2D eigenvalue weighted by molar-refractivity contribution is -0.165. The predicted octanol–water partition coefficient (Wildman–Crippen LogP) is -1.08. The van der Waals surface area contributed by atoms with Crippen molar-refractivity contribution in [3.8, 4) is 0 Å². The monoisotopic (exact) mass is 377 g/mol. The van der Waals surface area contributed by atoms with Gasteiger partial charge >= 0.3 is 11.9 Å². The van der Waals surface area contributed by atoms with Crippen molar-refractivity contribution in [1.29, 1.82) is 0 Å². The highest BCUT2D eigenvalue weighted by Crippen LogP contribution is 2.40. The highest BCUT2D eigenvalue weighted by molar-refractivity contribution is 5.83. The minimum atomic E-state index is -2.27. The molecule has 0 fully saturated rings. The fourth-order valence-electron chi connectivity index (χ4n) is 2.64. The lowest BCUT2D eigenvalue weighted by Gasteiger charge is -2.38. The molecule has 0 amide bonds. The number of carbonyl (C=O) groups is 2. The van der Waals surface area contributed by atoms with Crippen LogP contribution in [0.2, 0.25) is 0 Å². The fraction of sp³-hybridized carbons (Fsp3) is 0.500. The number of aliphatic hydroxyl groups excluding tert-OH is 3. The van der Waals surface area contributed by atoms with Crippen LogP contribution in [-0.4, -0.2) is 61.3 Å². The second-order valence-electron chi connectivity index (χ2n) is 6.48. The van der Waals surface area contributed by atoms with Crippen molar-refractivity contribution in [2.45, 2.75) is 50.0 Å². The number of benzene rings is 1. The fourth-order valence-corrected chi connectivity index (χ4v) is 2.64. The van der Waals surface area contributed by atoms with E-state index in [4.69, 9.17) is 26.2 Å². The zero-order valence-electron chi connectivity index (χ0n) is 14.3. The molecule has 0 bridgehead atoms. The molecular weight excluding hydrogens is 353 g/mol. The second kappa shape index (κ2) is 9.01. The van der Waals surface area contributed by atoms with Crippen LogP contribution < -0.4 is 5.73 Å². The second-order valence-corrected chi connectivity index (χ2v) is 6.48. The molecule has 0 unspecified atom stereocenters. The van der Waals surface area contributed by atoms with Crippen LogP contribution in [-0.2, 0) is 15.0 Å². The maximum atomic E-state index is 13.2. The number of halogens is 1. The first-order valence-corrected chi connectivity index (χ1v) is 7.43. The normalized spacial score (nSPS) is 22.6. The number of carboxylic acids is 2. The molecule has 0 aromatic heterocycles. The molecule has 0 saturated heterocycles. The average Bonchev–Trinajstić information content (AvgIpc) is 2.51. The Labute approximate surface area is 148 Å². The van der Waals surface area contributed by atoms with Gasteiger partial charge in [-0.1, -0.05) is 19.9 Å². The summed E-state index contributed by atoms with van der Waals surface area (Å²) in [6.07, 6.45) is -4.50. The van der Waals surface area contributed by atoms with Crippen molar-refractivity contribution in [2.24, 2.45) is 5.73 Å². The van der Waals surface area contributed by atoms with E-state index < -0.39 is 36.3 Å². The number of aliphatic carboxylic acids is 2. The highest BCUT2D eigenvalue weighted by atomic mass is 19.1. The molecule has 10 heteroatoms. The number of rotatable bonds is 3. The van der Waals surface area contributed by atoms with E-state index in [0.717, 1.165) is 11.1 Å². The van der Waals surface area contributed by atoms with E-state index in [1.165, 1.54) is 12.1 Å². The van der Waals surface area contributed by atoms with E-state index in [9.17, 15) is 19.1 Å². The minimum absolute atomic E-state index is 0. The van der Waals surface area contributed by atoms with Gasteiger partial charge in [0.2, 0.25) is 0 Å². The van der Waals surface area contributed by atoms with Crippen LogP contribution in [0.3, 0.4) is 0 Å². The molecule has 1 aromatic carbocycles. The summed E-state index contributed by atoms with van der Waals surface area (Å²) >= 11 is 0. The van der Waals surface area contributed by atoms with E-state index in [1.54, 1.807) is 6.07 Å². The van der Waals surface area contributed by atoms with Crippen LogP contribution in [0.25, 0.3) is 0 Å². The van der Waals surface area contributed by atoms with Gasteiger partial charge in [0, 0.05) is 0 Å². The van der Waals surface area contributed by atoms with Crippen LogP contribution in [0.4, 0.5) is 4.39 Å². The summed E-state index contributed by atoms with van der Waals surface area (Å²) < 4.78 is 13.2. The number of hydrogen-bond acceptors (Lipinski definition) is 6. The van der Waals surface area contributed by atoms with Gasteiger partial charge in [-0.2, -0.15) is 0 Å². The highest BCUT2D eigenvalue weighted by Gasteiger charge is 2.36. The van der Waals surface area contributed by atoms with E-state index in [-0.39, 0.29) is 16.7 Å². The topological polar surface area (TPSA) is 193 Å². The quantitative estimate of drug-likeness (QED) is 0.383. The molecule has 2 rings (SSSR count). The first-order valence-electron chi connectivity index (χ1n) is 7.43. The number of hydrogen-bond donors (Lipinski definition) is 6. The Morgan fingerprint density at radius 1 is 1.19 bits per heavy atom.